The van der Waals surface area contributed by atoms with E-state index in [-0.39, 0.29) is 96.6 Å². The highest BCUT2D eigenvalue weighted by Crippen LogP contribution is 2.49. The third-order valence-corrected chi connectivity index (χ3v) is 25.0. The van der Waals surface area contributed by atoms with E-state index < -0.39 is 27.6 Å². The lowest BCUT2D eigenvalue weighted by Crippen LogP contribution is -2.57. The minimum absolute atomic E-state index is 0. The quantitative estimate of drug-likeness (QED) is 0.0385. The Morgan fingerprint density at radius 1 is 0.354 bits per heavy atom. The van der Waals surface area contributed by atoms with Crippen molar-refractivity contribution in [3.8, 4) is 17.2 Å². The molecule has 6 aliphatic heterocycles. The second-order valence-corrected chi connectivity index (χ2v) is 38.2. The Balaban J connectivity index is 0.000000773. The molecule has 3 atom stereocenters. The minimum Gasteiger partial charge on any atom is -0.476 e. The maximum atomic E-state index is 13.0. The van der Waals surface area contributed by atoms with Crippen molar-refractivity contribution in [2.24, 2.45) is 0 Å². The summed E-state index contributed by atoms with van der Waals surface area (Å²) in [6, 6.07) is 36.6. The average molecular weight is 1870 g/mol. The van der Waals surface area contributed by atoms with Gasteiger partial charge in [0.25, 0.3) is 17.7 Å². The first kappa shape index (κ1) is 120. The molecular formula is C102H161N7O18S3. The maximum Gasteiger partial charge on any atom is 0.406 e. The zero-order valence-electron chi connectivity index (χ0n) is 77.7. The van der Waals surface area contributed by atoms with Crippen molar-refractivity contribution in [3.05, 3.63) is 143 Å². The number of amides is 7. The van der Waals surface area contributed by atoms with Crippen LogP contribution in [-0.2, 0) is 66.7 Å². The van der Waals surface area contributed by atoms with Gasteiger partial charge in [0.1, 0.15) is 22.0 Å². The second-order valence-electron chi connectivity index (χ2n) is 33.6. The molecule has 130 heavy (non-hydrogen) atoms. The number of nitrogens with one attached hydrogen (secondary N) is 1. The summed E-state index contributed by atoms with van der Waals surface area (Å²) in [5.41, 5.74) is 9.75. The van der Waals surface area contributed by atoms with E-state index in [1.807, 2.05) is 141 Å². The number of benzene rings is 6. The van der Waals surface area contributed by atoms with Crippen LogP contribution in [0.15, 0.2) is 124 Å². The van der Waals surface area contributed by atoms with Gasteiger partial charge in [0.2, 0.25) is 23.3 Å². The van der Waals surface area contributed by atoms with Gasteiger partial charge in [-0.3, -0.25) is 28.8 Å². The Kier molecular flexibility index (Phi) is 52.0. The number of hydrogen-bond acceptors (Lipinski definition) is 21. The maximum absolute atomic E-state index is 13.0. The molecule has 6 aromatic rings. The fraction of sp³-hybridized carbons (Fsp3) is 0.578. The molecule has 1 N–H and O–H groups in total. The number of carbonyl (C=O) groups excluding carboxylic acids is 7. The molecule has 0 saturated carbocycles. The molecule has 0 aliphatic carbocycles. The lowest BCUT2D eigenvalue weighted by molar-refractivity contribution is -0.138. The largest absolute Gasteiger partial charge is 0.476 e. The number of carbonyl (C=O) groups is 7. The van der Waals surface area contributed by atoms with Crippen LogP contribution in [0, 0.1) is 41.5 Å². The number of aryl methyl sites for hydroxylation is 6. The molecule has 3 unspecified atom stereocenters. The van der Waals surface area contributed by atoms with E-state index in [1.54, 1.807) is 111 Å². The highest BCUT2D eigenvalue weighted by Gasteiger charge is 2.48. The van der Waals surface area contributed by atoms with Gasteiger partial charge in [-0.2, -0.15) is 0 Å². The van der Waals surface area contributed by atoms with E-state index in [2.05, 4.69) is 85.4 Å². The van der Waals surface area contributed by atoms with Gasteiger partial charge in [0.15, 0.2) is 11.2 Å². The summed E-state index contributed by atoms with van der Waals surface area (Å²) in [5, 5.41) is 2.59. The minimum atomic E-state index is -0.974. The summed E-state index contributed by atoms with van der Waals surface area (Å²) >= 11 is 4.93. The van der Waals surface area contributed by atoms with Crippen molar-refractivity contribution in [2.45, 2.75) is 259 Å². The molecule has 7 amide bonds. The number of anilines is 6. The molecule has 0 bridgehead atoms. The van der Waals surface area contributed by atoms with Crippen molar-refractivity contribution in [3.63, 3.8) is 0 Å². The number of methoxy groups -OCH3 is 8. The number of fused-ring (bicyclic) bond motifs is 6. The molecule has 28 heteroatoms. The van der Waals surface area contributed by atoms with Gasteiger partial charge < -0.3 is 86.8 Å². The Morgan fingerprint density at radius 2 is 0.662 bits per heavy atom. The molecule has 0 fully saturated rings. The lowest BCUT2D eigenvalue weighted by atomic mass is 10.0. The first-order valence-electron chi connectivity index (χ1n) is 42.8. The van der Waals surface area contributed by atoms with Crippen LogP contribution >= 0.6 is 35.3 Å². The molecule has 25 nitrogen and oxygen atoms in total. The van der Waals surface area contributed by atoms with E-state index in [0.717, 1.165) is 177 Å². The van der Waals surface area contributed by atoms with Gasteiger partial charge in [-0.05, 0) is 274 Å². The van der Waals surface area contributed by atoms with Gasteiger partial charge in [0.05, 0.1) is 64.4 Å². The average Bonchev–Trinajstić information content (AvgIpc) is 0.734. The van der Waals surface area contributed by atoms with Gasteiger partial charge in [-0.1, -0.05) is 81.0 Å². The van der Waals surface area contributed by atoms with Crippen molar-refractivity contribution in [1.82, 2.24) is 5.32 Å². The Bertz CT molecular complexity index is 4360. The lowest BCUT2D eigenvalue weighted by Gasteiger charge is -2.40. The van der Waals surface area contributed by atoms with Crippen LogP contribution in [0.25, 0.3) is 0 Å². The fourth-order valence-electron chi connectivity index (χ4n) is 14.8. The number of thioether (sulfide) groups is 3. The van der Waals surface area contributed by atoms with E-state index in [1.165, 1.54) is 33.6 Å². The van der Waals surface area contributed by atoms with Crippen LogP contribution in [0.5, 0.6) is 17.2 Å². The summed E-state index contributed by atoms with van der Waals surface area (Å²) in [6.07, 6.45) is 8.96. The predicted molar refractivity (Wildman–Crippen MR) is 539 cm³/mol. The summed E-state index contributed by atoms with van der Waals surface area (Å²) in [4.78, 5) is 102. The number of unbranched alkanes of at least 4 members (excludes halogenated alkanes) is 5. The number of alkyl carbamates (subject to hydrolysis) is 1. The van der Waals surface area contributed by atoms with Gasteiger partial charge in [-0.25, -0.2) is 4.79 Å². The molecule has 730 valence electrons. The van der Waals surface area contributed by atoms with Crippen molar-refractivity contribution in [2.75, 3.05) is 178 Å². The van der Waals surface area contributed by atoms with E-state index >= 15 is 0 Å². The third-order valence-electron chi connectivity index (χ3n) is 21.3. The topological polar surface area (TPSA) is 252 Å². The predicted octanol–water partition coefficient (Wildman–Crippen LogP) is 21.3. The molecule has 0 saturated heterocycles. The highest BCUT2D eigenvalue weighted by molar-refractivity contribution is 8.02. The van der Waals surface area contributed by atoms with Gasteiger partial charge in [-0.15, -0.1) is 35.3 Å². The SMILES string of the molecule is C.C.C.C.C.C.COC(=O)NCCN1C(=O)C(C)(C)Oc2ccc(C)cc21.COCCCCN1C(=O)C(C)(C)Oc2ccc(C)cc21.COCCCCN1C(=O)C(C)(C)Sc2ccc(C)cc21.COCCCCN1C(=O)C(C)(COC)Oc2ccc(C)cc21.COCCCCN1C(=O)C(C)(COC)Sc2ccc(C)cc21.COCCCCN1C(=O)C(C)Sc2ccc(C)cc21. The molecule has 0 aromatic heterocycles. The summed E-state index contributed by atoms with van der Waals surface area (Å²) in [6.45, 7) is 37.6. The smallest absolute Gasteiger partial charge is 0.406 e. The molecule has 6 heterocycles. The first-order valence-corrected chi connectivity index (χ1v) is 45.3. The van der Waals surface area contributed by atoms with E-state index in [0.29, 0.717) is 45.1 Å². The van der Waals surface area contributed by atoms with E-state index in [9.17, 15) is 33.6 Å². The Labute approximate surface area is 794 Å². The standard InChI is InChI=1S/C17H25NO4.C17H25NO3S.C16H23NO3.C16H23NO2S.C15H20N2O4.C15H21NO2S.6CH4/c2*1-13-7-8-15-14(11-13)18(9-5-6-10-20-3)16(19)17(2,22-15)12-21-4;2*1-12-7-8-14-13(11-12)17(9-5-6-10-19-4)15(18)16(2,3)20-14;1-10-5-6-12-11(9-10)17(8-7-16-14(19)20-4)13(18)15(2,3)21-12;1-11-6-7-14-13(10-11)16(8-4-5-9-18-3)15(17)12(2)19-14;;;;;;/h2*7-8,11H,5-6,9-10,12H2,1-4H3;2*7-8,11H,5-6,9-10H2,1-4H3;5-6,9H,7-8H2,1-4H3,(H,16,19);6-7,10,12H,4-5,8-9H2,1-3H3;6*1H4. The van der Waals surface area contributed by atoms with Crippen molar-refractivity contribution in [1.29, 1.82) is 0 Å². The van der Waals surface area contributed by atoms with Crippen LogP contribution in [-0.4, -0.2) is 222 Å². The van der Waals surface area contributed by atoms with Crippen LogP contribution in [0.1, 0.15) is 204 Å². The third kappa shape index (κ3) is 32.8. The second kappa shape index (κ2) is 56.6. The van der Waals surface area contributed by atoms with Crippen LogP contribution < -0.4 is 48.9 Å². The summed E-state index contributed by atoms with van der Waals surface area (Å²) in [5.74, 6) is 2.59. The number of rotatable bonds is 32. The van der Waals surface area contributed by atoms with Crippen LogP contribution in [0.3, 0.4) is 0 Å². The fourth-order valence-corrected chi connectivity index (χ4v) is 18.2. The van der Waals surface area contributed by atoms with Crippen molar-refractivity contribution >= 4 is 111 Å². The monoisotopic (exact) mass is 1870 g/mol. The molecular weight excluding hydrogens is 1710 g/mol. The van der Waals surface area contributed by atoms with Crippen LogP contribution in [0.4, 0.5) is 38.9 Å². The molecule has 0 radical (unpaired) electrons. The normalized spacial score (nSPS) is 17.6. The Morgan fingerprint density at radius 3 is 1.03 bits per heavy atom. The van der Waals surface area contributed by atoms with Gasteiger partial charge in [0, 0.05) is 143 Å². The van der Waals surface area contributed by atoms with Crippen molar-refractivity contribution < 1.29 is 85.7 Å². The zero-order valence-corrected chi connectivity index (χ0v) is 80.1. The van der Waals surface area contributed by atoms with E-state index in [4.69, 9.17) is 47.4 Å². The number of ether oxygens (including phenoxy) is 11. The number of nitrogens with zero attached hydrogens (tertiary/aromatic N) is 6. The summed E-state index contributed by atoms with van der Waals surface area (Å²) in [7, 11) is 13.0. The summed E-state index contributed by atoms with van der Waals surface area (Å²) < 4.78 is 57.0. The highest BCUT2D eigenvalue weighted by atomic mass is 32.2. The van der Waals surface area contributed by atoms with Gasteiger partial charge >= 0.3 is 6.09 Å². The Hall–Kier alpha value is -8.42. The number of hydrogen-bond donors (Lipinski definition) is 1. The molecule has 12 rings (SSSR count). The molecule has 6 aromatic carbocycles. The molecule has 0 spiro atoms. The zero-order chi connectivity index (χ0) is 91.3. The first-order chi connectivity index (χ1) is 58.9. The molecule has 6 aliphatic rings. The van der Waals surface area contributed by atoms with Crippen LogP contribution in [0.2, 0.25) is 0 Å².